The molecule has 0 atom stereocenters. The molecule has 0 fully saturated rings. The summed E-state index contributed by atoms with van der Waals surface area (Å²) < 4.78 is 38.7. The molecule has 1 aromatic carbocycles. The van der Waals surface area contributed by atoms with E-state index in [9.17, 15) is 13.2 Å². The third-order valence-corrected chi connectivity index (χ3v) is 2.20. The van der Waals surface area contributed by atoms with Crippen LogP contribution < -0.4 is 5.32 Å². The predicted molar refractivity (Wildman–Crippen MR) is 57.9 cm³/mol. The van der Waals surface area contributed by atoms with Gasteiger partial charge in [0.2, 0.25) is 0 Å². The van der Waals surface area contributed by atoms with Crippen LogP contribution in [0.4, 0.5) is 19.0 Å². The van der Waals surface area contributed by atoms with E-state index in [2.05, 4.69) is 10.3 Å². The van der Waals surface area contributed by atoms with Gasteiger partial charge in [0, 0.05) is 12.1 Å². The van der Waals surface area contributed by atoms with Gasteiger partial charge < -0.3 is 5.32 Å². The minimum absolute atomic E-state index is 0.0855. The van der Waals surface area contributed by atoms with E-state index >= 15 is 0 Å². The van der Waals surface area contributed by atoms with Crippen molar-refractivity contribution >= 4 is 5.82 Å². The fourth-order valence-corrected chi connectivity index (χ4v) is 1.34. The van der Waals surface area contributed by atoms with E-state index in [0.717, 1.165) is 24.4 Å². The number of aromatic nitrogens is 1. The van der Waals surface area contributed by atoms with Crippen LogP contribution in [0.25, 0.3) is 0 Å². The van der Waals surface area contributed by atoms with Crippen LogP contribution in [0.2, 0.25) is 0 Å². The van der Waals surface area contributed by atoms with E-state index in [1.165, 1.54) is 12.1 Å². The SMILES string of the molecule is Fc1ccc(NCc2cc(F)ccc2F)nc1. The summed E-state index contributed by atoms with van der Waals surface area (Å²) in [6.07, 6.45) is 1.05. The number of hydrogen-bond acceptors (Lipinski definition) is 2. The van der Waals surface area contributed by atoms with Crippen molar-refractivity contribution in [2.45, 2.75) is 6.54 Å². The number of nitrogens with zero attached hydrogens (tertiary/aromatic N) is 1. The molecule has 0 aliphatic carbocycles. The molecule has 0 bridgehead atoms. The van der Waals surface area contributed by atoms with Crippen LogP contribution in [0, 0.1) is 17.5 Å². The highest BCUT2D eigenvalue weighted by atomic mass is 19.1. The summed E-state index contributed by atoms with van der Waals surface area (Å²) in [6, 6.07) is 5.87. The van der Waals surface area contributed by atoms with E-state index in [-0.39, 0.29) is 12.1 Å². The zero-order valence-corrected chi connectivity index (χ0v) is 8.75. The first-order chi connectivity index (χ1) is 8.15. The van der Waals surface area contributed by atoms with Gasteiger partial charge in [0.05, 0.1) is 6.20 Å². The topological polar surface area (TPSA) is 24.9 Å². The van der Waals surface area contributed by atoms with Gasteiger partial charge in [0.1, 0.15) is 23.3 Å². The molecule has 5 heteroatoms. The van der Waals surface area contributed by atoms with Crippen molar-refractivity contribution in [1.82, 2.24) is 4.98 Å². The molecule has 1 heterocycles. The van der Waals surface area contributed by atoms with E-state index < -0.39 is 17.5 Å². The fourth-order valence-electron chi connectivity index (χ4n) is 1.34. The first kappa shape index (κ1) is 11.4. The molecule has 0 aliphatic rings. The lowest BCUT2D eigenvalue weighted by atomic mass is 10.2. The Morgan fingerprint density at radius 2 is 1.76 bits per heavy atom. The van der Waals surface area contributed by atoms with Gasteiger partial charge in [-0.3, -0.25) is 0 Å². The number of hydrogen-bond donors (Lipinski definition) is 1. The number of halogens is 3. The Morgan fingerprint density at radius 3 is 2.47 bits per heavy atom. The van der Waals surface area contributed by atoms with Crippen molar-refractivity contribution in [3.63, 3.8) is 0 Å². The molecule has 2 rings (SSSR count). The monoisotopic (exact) mass is 238 g/mol. The summed E-state index contributed by atoms with van der Waals surface area (Å²) in [4.78, 5) is 3.74. The summed E-state index contributed by atoms with van der Waals surface area (Å²) in [5, 5.41) is 2.77. The molecule has 2 aromatic rings. The molecule has 1 N–H and O–H groups in total. The number of nitrogens with one attached hydrogen (secondary N) is 1. The fraction of sp³-hybridized carbons (Fsp3) is 0.0833. The lowest BCUT2D eigenvalue weighted by Crippen LogP contribution is -2.03. The first-order valence-electron chi connectivity index (χ1n) is 4.94. The Bertz CT molecular complexity index is 512. The third kappa shape index (κ3) is 2.96. The lowest BCUT2D eigenvalue weighted by molar-refractivity contribution is 0.587. The standard InChI is InChI=1S/C12H9F3N2/c13-9-1-3-11(15)8(5-9)6-16-12-4-2-10(14)7-17-12/h1-5,7H,6H2,(H,16,17). The van der Waals surface area contributed by atoms with Crippen LogP contribution in [0.1, 0.15) is 5.56 Å². The Balaban J connectivity index is 2.07. The van der Waals surface area contributed by atoms with Gasteiger partial charge in [-0.25, -0.2) is 18.2 Å². The van der Waals surface area contributed by atoms with Crippen molar-refractivity contribution in [3.8, 4) is 0 Å². The van der Waals surface area contributed by atoms with Gasteiger partial charge in [-0.1, -0.05) is 0 Å². The molecule has 2 nitrogen and oxygen atoms in total. The molecule has 0 spiro atoms. The van der Waals surface area contributed by atoms with Crippen LogP contribution in [-0.4, -0.2) is 4.98 Å². The van der Waals surface area contributed by atoms with Crippen LogP contribution in [0.3, 0.4) is 0 Å². The zero-order chi connectivity index (χ0) is 12.3. The Hall–Kier alpha value is -2.04. The average molecular weight is 238 g/mol. The minimum atomic E-state index is -0.504. The molecule has 88 valence electrons. The minimum Gasteiger partial charge on any atom is -0.366 e. The molecule has 0 saturated carbocycles. The van der Waals surface area contributed by atoms with Crippen LogP contribution in [0.15, 0.2) is 36.5 Å². The highest BCUT2D eigenvalue weighted by Crippen LogP contribution is 2.12. The smallest absolute Gasteiger partial charge is 0.141 e. The molecule has 17 heavy (non-hydrogen) atoms. The van der Waals surface area contributed by atoms with Crippen molar-refractivity contribution in [2.24, 2.45) is 0 Å². The van der Waals surface area contributed by atoms with E-state index in [1.54, 1.807) is 0 Å². The Kier molecular flexibility index (Phi) is 3.27. The third-order valence-electron chi connectivity index (χ3n) is 2.20. The van der Waals surface area contributed by atoms with Crippen LogP contribution in [-0.2, 0) is 6.54 Å². The van der Waals surface area contributed by atoms with Gasteiger partial charge in [-0.2, -0.15) is 0 Å². The molecule has 0 amide bonds. The molecule has 0 aliphatic heterocycles. The number of benzene rings is 1. The zero-order valence-electron chi connectivity index (χ0n) is 8.75. The predicted octanol–water partition coefficient (Wildman–Crippen LogP) is 3.11. The second-order valence-corrected chi connectivity index (χ2v) is 3.45. The van der Waals surface area contributed by atoms with E-state index in [1.807, 2.05) is 0 Å². The number of anilines is 1. The van der Waals surface area contributed by atoms with Gasteiger partial charge in [-0.15, -0.1) is 0 Å². The second-order valence-electron chi connectivity index (χ2n) is 3.45. The van der Waals surface area contributed by atoms with Crippen molar-refractivity contribution in [3.05, 3.63) is 59.5 Å². The molecule has 1 aromatic heterocycles. The second kappa shape index (κ2) is 4.86. The molecular weight excluding hydrogens is 229 g/mol. The lowest BCUT2D eigenvalue weighted by Gasteiger charge is -2.06. The van der Waals surface area contributed by atoms with E-state index in [4.69, 9.17) is 0 Å². The Morgan fingerprint density at radius 1 is 1.00 bits per heavy atom. The highest BCUT2D eigenvalue weighted by Gasteiger charge is 2.04. The van der Waals surface area contributed by atoms with Crippen molar-refractivity contribution in [2.75, 3.05) is 5.32 Å². The normalized spacial score (nSPS) is 10.3. The highest BCUT2D eigenvalue weighted by molar-refractivity contribution is 5.35. The molecule has 0 radical (unpaired) electrons. The van der Waals surface area contributed by atoms with Gasteiger partial charge in [-0.05, 0) is 30.3 Å². The average Bonchev–Trinajstić information content (AvgIpc) is 2.32. The van der Waals surface area contributed by atoms with Gasteiger partial charge in [0.15, 0.2) is 0 Å². The van der Waals surface area contributed by atoms with Crippen LogP contribution >= 0.6 is 0 Å². The number of rotatable bonds is 3. The maximum atomic E-state index is 13.2. The Labute approximate surface area is 96.1 Å². The summed E-state index contributed by atoms with van der Waals surface area (Å²) in [5.41, 5.74) is 0.191. The molecular formula is C12H9F3N2. The van der Waals surface area contributed by atoms with Gasteiger partial charge in [0.25, 0.3) is 0 Å². The largest absolute Gasteiger partial charge is 0.366 e. The summed E-state index contributed by atoms with van der Waals surface area (Å²) in [7, 11) is 0. The van der Waals surface area contributed by atoms with Crippen molar-refractivity contribution < 1.29 is 13.2 Å². The summed E-state index contributed by atoms with van der Waals surface area (Å²) in [6.45, 7) is 0.0855. The summed E-state index contributed by atoms with van der Waals surface area (Å²) in [5.74, 6) is -1.06. The van der Waals surface area contributed by atoms with Gasteiger partial charge >= 0.3 is 0 Å². The first-order valence-corrected chi connectivity index (χ1v) is 4.94. The molecule has 0 saturated heterocycles. The maximum absolute atomic E-state index is 13.2. The number of pyridine rings is 1. The maximum Gasteiger partial charge on any atom is 0.141 e. The van der Waals surface area contributed by atoms with E-state index in [0.29, 0.717) is 5.82 Å². The quantitative estimate of drug-likeness (QED) is 0.888. The van der Waals surface area contributed by atoms with Crippen LogP contribution in [0.5, 0.6) is 0 Å². The summed E-state index contributed by atoms with van der Waals surface area (Å²) >= 11 is 0. The van der Waals surface area contributed by atoms with Crippen molar-refractivity contribution in [1.29, 1.82) is 0 Å². The molecule has 0 unspecified atom stereocenters.